The summed E-state index contributed by atoms with van der Waals surface area (Å²) in [6, 6.07) is 10.9. The summed E-state index contributed by atoms with van der Waals surface area (Å²) in [7, 11) is 1.43. The third kappa shape index (κ3) is 4.20. The Hall–Kier alpha value is -2.59. The van der Waals surface area contributed by atoms with E-state index in [2.05, 4.69) is 21.2 Å². The van der Waals surface area contributed by atoms with Crippen molar-refractivity contribution in [3.05, 3.63) is 52.3 Å². The number of anilines is 1. The number of para-hydroxylation sites is 1. The van der Waals surface area contributed by atoms with Crippen molar-refractivity contribution in [2.24, 2.45) is 0 Å². The minimum Gasteiger partial charge on any atom is -0.493 e. The topological polar surface area (TPSA) is 71.3 Å². The molecule has 0 saturated carbocycles. The fraction of sp³-hybridized carbons (Fsp3) is 0.125. The van der Waals surface area contributed by atoms with E-state index in [1.54, 1.807) is 12.1 Å². The van der Waals surface area contributed by atoms with Gasteiger partial charge in [-0.3, -0.25) is 4.79 Å². The quantitative estimate of drug-likeness (QED) is 0.864. The largest absolute Gasteiger partial charge is 0.493 e. The van der Waals surface area contributed by atoms with Crippen LogP contribution in [0.4, 0.5) is 10.1 Å². The van der Waals surface area contributed by atoms with Crippen LogP contribution in [0.25, 0.3) is 0 Å². The lowest BCUT2D eigenvalue weighted by Crippen LogP contribution is -2.21. The Bertz CT molecular complexity index is 774. The van der Waals surface area contributed by atoms with Gasteiger partial charge in [-0.15, -0.1) is 0 Å². The number of rotatable bonds is 5. The molecule has 7 heteroatoms. The molecule has 0 heterocycles. The van der Waals surface area contributed by atoms with Gasteiger partial charge in [-0.2, -0.15) is 5.26 Å². The number of hydrogen-bond donors (Lipinski definition) is 1. The number of nitrogens with one attached hydrogen (secondary N) is 1. The van der Waals surface area contributed by atoms with Gasteiger partial charge in [0, 0.05) is 6.07 Å². The molecule has 0 unspecified atom stereocenters. The van der Waals surface area contributed by atoms with Crippen LogP contribution in [0.1, 0.15) is 5.56 Å². The molecule has 0 saturated heterocycles. The lowest BCUT2D eigenvalue weighted by atomic mass is 10.2. The van der Waals surface area contributed by atoms with Gasteiger partial charge in [0.25, 0.3) is 5.91 Å². The fourth-order valence-electron chi connectivity index (χ4n) is 1.81. The van der Waals surface area contributed by atoms with E-state index in [4.69, 9.17) is 14.7 Å². The van der Waals surface area contributed by atoms with Gasteiger partial charge in [-0.05, 0) is 34.1 Å². The number of carbonyl (C=O) groups excluding carboxylic acids is 1. The van der Waals surface area contributed by atoms with Crippen LogP contribution in [0.3, 0.4) is 0 Å². The average molecular weight is 379 g/mol. The third-order valence-corrected chi connectivity index (χ3v) is 3.44. The molecule has 0 aromatic heterocycles. The summed E-state index contributed by atoms with van der Waals surface area (Å²) in [6.07, 6.45) is 0. The SMILES string of the molecule is COc1cc(C#N)cc(Br)c1OCC(=O)Nc1ccccc1F. The normalized spacial score (nSPS) is 9.83. The zero-order valence-electron chi connectivity index (χ0n) is 12.1. The van der Waals surface area contributed by atoms with E-state index in [1.165, 1.54) is 31.4 Å². The first kappa shape index (κ1) is 16.8. The second kappa shape index (κ2) is 7.61. The Morgan fingerprint density at radius 1 is 1.39 bits per heavy atom. The maximum absolute atomic E-state index is 13.5. The smallest absolute Gasteiger partial charge is 0.262 e. The minimum absolute atomic E-state index is 0.0759. The van der Waals surface area contributed by atoms with Crippen LogP contribution in [-0.4, -0.2) is 19.6 Å². The first-order valence-corrected chi connectivity index (χ1v) is 7.29. The zero-order chi connectivity index (χ0) is 16.8. The predicted molar refractivity (Wildman–Crippen MR) is 85.9 cm³/mol. The number of halogens is 2. The monoisotopic (exact) mass is 378 g/mol. The van der Waals surface area contributed by atoms with Gasteiger partial charge in [-0.1, -0.05) is 12.1 Å². The van der Waals surface area contributed by atoms with Crippen LogP contribution in [0.15, 0.2) is 40.9 Å². The Morgan fingerprint density at radius 2 is 2.13 bits per heavy atom. The number of ether oxygens (including phenoxy) is 2. The molecule has 1 N–H and O–H groups in total. The number of carbonyl (C=O) groups is 1. The van der Waals surface area contributed by atoms with Gasteiger partial charge in [0.1, 0.15) is 5.82 Å². The van der Waals surface area contributed by atoms with Crippen molar-refractivity contribution < 1.29 is 18.7 Å². The van der Waals surface area contributed by atoms with Crippen molar-refractivity contribution in [2.45, 2.75) is 0 Å². The van der Waals surface area contributed by atoms with Crippen molar-refractivity contribution >= 4 is 27.5 Å². The molecule has 23 heavy (non-hydrogen) atoms. The highest BCUT2D eigenvalue weighted by atomic mass is 79.9. The Kier molecular flexibility index (Phi) is 5.55. The lowest BCUT2D eigenvalue weighted by Gasteiger charge is -2.13. The van der Waals surface area contributed by atoms with Crippen LogP contribution in [0.5, 0.6) is 11.5 Å². The van der Waals surface area contributed by atoms with Crippen molar-refractivity contribution in [2.75, 3.05) is 19.0 Å². The molecule has 0 radical (unpaired) electrons. The van der Waals surface area contributed by atoms with Gasteiger partial charge in [0.05, 0.1) is 28.9 Å². The molecule has 0 bridgehead atoms. The van der Waals surface area contributed by atoms with Crippen LogP contribution >= 0.6 is 15.9 Å². The molecule has 0 aliphatic carbocycles. The summed E-state index contributed by atoms with van der Waals surface area (Å²) in [5, 5.41) is 11.3. The van der Waals surface area contributed by atoms with Crippen LogP contribution in [0, 0.1) is 17.1 Å². The molecule has 0 fully saturated rings. The second-order valence-electron chi connectivity index (χ2n) is 4.42. The van der Waals surface area contributed by atoms with Crippen molar-refractivity contribution in [1.29, 1.82) is 5.26 Å². The van der Waals surface area contributed by atoms with E-state index in [9.17, 15) is 9.18 Å². The van der Waals surface area contributed by atoms with E-state index in [0.717, 1.165) is 0 Å². The third-order valence-electron chi connectivity index (χ3n) is 2.85. The minimum atomic E-state index is -0.530. The van der Waals surface area contributed by atoms with E-state index < -0.39 is 11.7 Å². The van der Waals surface area contributed by atoms with Gasteiger partial charge >= 0.3 is 0 Å². The van der Waals surface area contributed by atoms with E-state index in [0.29, 0.717) is 15.8 Å². The Morgan fingerprint density at radius 3 is 2.78 bits per heavy atom. The zero-order valence-corrected chi connectivity index (χ0v) is 13.7. The molecule has 2 aromatic carbocycles. The number of benzene rings is 2. The molecule has 5 nitrogen and oxygen atoms in total. The van der Waals surface area contributed by atoms with Gasteiger partial charge in [0.2, 0.25) is 0 Å². The number of hydrogen-bond acceptors (Lipinski definition) is 4. The maximum atomic E-state index is 13.5. The van der Waals surface area contributed by atoms with Gasteiger partial charge < -0.3 is 14.8 Å². The van der Waals surface area contributed by atoms with E-state index >= 15 is 0 Å². The molecule has 0 aliphatic heterocycles. The molecular weight excluding hydrogens is 367 g/mol. The summed E-state index contributed by atoms with van der Waals surface area (Å²) >= 11 is 3.26. The van der Waals surface area contributed by atoms with Crippen molar-refractivity contribution in [3.63, 3.8) is 0 Å². The molecule has 118 valence electrons. The summed E-state index contributed by atoms with van der Waals surface area (Å²) in [5.74, 6) is -0.448. The molecular formula is C16H12BrFN2O3. The van der Waals surface area contributed by atoms with Crippen molar-refractivity contribution in [1.82, 2.24) is 0 Å². The van der Waals surface area contributed by atoms with E-state index in [-0.39, 0.29) is 18.0 Å². The van der Waals surface area contributed by atoms with Crippen molar-refractivity contribution in [3.8, 4) is 17.6 Å². The average Bonchev–Trinajstić information content (AvgIpc) is 2.55. The molecule has 0 aliphatic rings. The highest BCUT2D eigenvalue weighted by molar-refractivity contribution is 9.10. The lowest BCUT2D eigenvalue weighted by molar-refractivity contribution is -0.118. The second-order valence-corrected chi connectivity index (χ2v) is 5.27. The summed E-state index contributed by atoms with van der Waals surface area (Å²) in [6.45, 7) is -0.338. The summed E-state index contributed by atoms with van der Waals surface area (Å²) in [4.78, 5) is 11.9. The van der Waals surface area contributed by atoms with Gasteiger partial charge in [-0.25, -0.2) is 4.39 Å². The van der Waals surface area contributed by atoms with E-state index in [1.807, 2.05) is 6.07 Å². The predicted octanol–water partition coefficient (Wildman–Crippen LogP) is 3.49. The van der Waals surface area contributed by atoms with Gasteiger partial charge in [0.15, 0.2) is 18.1 Å². The Labute approximate surface area is 140 Å². The Balaban J connectivity index is 2.08. The number of amides is 1. The standard InChI is InChI=1S/C16H12BrFN2O3/c1-22-14-7-10(8-19)6-11(17)16(14)23-9-15(21)20-13-5-3-2-4-12(13)18/h2-7H,9H2,1H3,(H,20,21). The molecule has 0 spiro atoms. The highest BCUT2D eigenvalue weighted by Gasteiger charge is 2.14. The number of nitrogens with zero attached hydrogens (tertiary/aromatic N) is 1. The molecule has 2 aromatic rings. The molecule has 1 amide bonds. The number of nitriles is 1. The molecule has 0 atom stereocenters. The molecule has 2 rings (SSSR count). The highest BCUT2D eigenvalue weighted by Crippen LogP contribution is 2.36. The van der Waals surface area contributed by atoms with Crippen LogP contribution in [-0.2, 0) is 4.79 Å². The first-order valence-electron chi connectivity index (χ1n) is 6.50. The van der Waals surface area contributed by atoms with Crippen LogP contribution < -0.4 is 14.8 Å². The maximum Gasteiger partial charge on any atom is 0.262 e. The number of methoxy groups -OCH3 is 1. The first-order chi connectivity index (χ1) is 11.0. The summed E-state index contributed by atoms with van der Waals surface area (Å²) in [5.41, 5.74) is 0.462. The fourth-order valence-corrected chi connectivity index (χ4v) is 2.37. The van der Waals surface area contributed by atoms with Crippen LogP contribution in [0.2, 0.25) is 0 Å². The summed E-state index contributed by atoms with van der Waals surface area (Å²) < 4.78 is 24.5.